The van der Waals surface area contributed by atoms with Crippen LogP contribution in [-0.2, 0) is 27.0 Å². The summed E-state index contributed by atoms with van der Waals surface area (Å²) in [6.45, 7) is 7.67. The van der Waals surface area contributed by atoms with Gasteiger partial charge in [0.05, 0.1) is 24.5 Å². The van der Waals surface area contributed by atoms with Crippen molar-refractivity contribution in [2.45, 2.75) is 64.2 Å². The van der Waals surface area contributed by atoms with Gasteiger partial charge in [-0.3, -0.25) is 9.78 Å². The molecule has 204 valence electrons. The van der Waals surface area contributed by atoms with Crippen LogP contribution >= 0.6 is 0 Å². The Hall–Kier alpha value is -3.96. The second-order valence-electron chi connectivity index (χ2n) is 10.4. The van der Waals surface area contributed by atoms with E-state index in [2.05, 4.69) is 41.4 Å². The fourth-order valence-corrected chi connectivity index (χ4v) is 3.41. The van der Waals surface area contributed by atoms with Gasteiger partial charge < -0.3 is 15.2 Å². The fourth-order valence-electron chi connectivity index (χ4n) is 3.41. The van der Waals surface area contributed by atoms with Crippen LogP contribution in [0, 0.1) is 0 Å². The molecule has 9 nitrogen and oxygen atoms in total. The monoisotopic (exact) mass is 533 g/mol. The van der Waals surface area contributed by atoms with Gasteiger partial charge in [0.1, 0.15) is 17.5 Å². The highest BCUT2D eigenvalue weighted by molar-refractivity contribution is 5.79. The standard InChI is InChI=1S/C26H30F3N5O4/c1-24(2,3)17-8-6-16(7-9-17)12-21(35)31-22(20-14-34(33-32-20)25(4,5)23(36)37)19-11-10-18(13-30-19)38-15-26(27,28)29/h6-11,13-14,22H,12,15H2,1-5H3,(H,31,35)(H,36,37)/t22-/m1/s1. The number of nitrogens with zero attached hydrogens (tertiary/aromatic N) is 4. The molecule has 0 fully saturated rings. The predicted molar refractivity (Wildman–Crippen MR) is 132 cm³/mol. The van der Waals surface area contributed by atoms with Crippen molar-refractivity contribution >= 4 is 11.9 Å². The number of ether oxygens (including phenoxy) is 1. The van der Waals surface area contributed by atoms with Gasteiger partial charge in [0, 0.05) is 0 Å². The molecule has 38 heavy (non-hydrogen) atoms. The van der Waals surface area contributed by atoms with Crippen LogP contribution in [0.25, 0.3) is 0 Å². The number of carbonyl (C=O) groups is 2. The van der Waals surface area contributed by atoms with Crippen LogP contribution in [0.3, 0.4) is 0 Å². The number of hydrogen-bond donors (Lipinski definition) is 2. The van der Waals surface area contributed by atoms with E-state index in [4.69, 9.17) is 4.74 Å². The van der Waals surface area contributed by atoms with E-state index in [0.29, 0.717) is 0 Å². The number of nitrogens with one attached hydrogen (secondary N) is 1. The topological polar surface area (TPSA) is 119 Å². The maximum Gasteiger partial charge on any atom is 0.422 e. The largest absolute Gasteiger partial charge is 0.483 e. The number of hydrogen-bond acceptors (Lipinski definition) is 6. The van der Waals surface area contributed by atoms with Crippen LogP contribution < -0.4 is 10.1 Å². The summed E-state index contributed by atoms with van der Waals surface area (Å²) in [6.07, 6.45) is -1.97. The molecular formula is C26H30F3N5O4. The number of halogens is 3. The van der Waals surface area contributed by atoms with E-state index in [1.165, 1.54) is 32.2 Å². The first-order chi connectivity index (χ1) is 17.6. The zero-order valence-electron chi connectivity index (χ0n) is 21.7. The van der Waals surface area contributed by atoms with E-state index >= 15 is 0 Å². The van der Waals surface area contributed by atoms with E-state index < -0.39 is 30.3 Å². The number of alkyl halides is 3. The normalized spacial score (nSPS) is 13.2. The molecule has 0 saturated carbocycles. The Morgan fingerprint density at radius 2 is 1.68 bits per heavy atom. The molecule has 0 aliphatic heterocycles. The Morgan fingerprint density at radius 1 is 1.03 bits per heavy atom. The number of carbonyl (C=O) groups excluding carboxylic acids is 1. The minimum Gasteiger partial charge on any atom is -0.483 e. The number of aliphatic carboxylic acids is 1. The van der Waals surface area contributed by atoms with Gasteiger partial charge in [-0.2, -0.15) is 13.2 Å². The van der Waals surface area contributed by atoms with Gasteiger partial charge in [0.15, 0.2) is 12.1 Å². The lowest BCUT2D eigenvalue weighted by atomic mass is 9.86. The lowest BCUT2D eigenvalue weighted by Crippen LogP contribution is -2.36. The minimum atomic E-state index is -4.50. The predicted octanol–water partition coefficient (Wildman–Crippen LogP) is 4.18. The molecule has 0 unspecified atom stereocenters. The van der Waals surface area contributed by atoms with Crippen molar-refractivity contribution in [2.24, 2.45) is 0 Å². The summed E-state index contributed by atoms with van der Waals surface area (Å²) in [5, 5.41) is 20.3. The molecule has 1 atom stereocenters. The zero-order valence-corrected chi connectivity index (χ0v) is 21.7. The second-order valence-corrected chi connectivity index (χ2v) is 10.4. The molecular weight excluding hydrogens is 503 g/mol. The third kappa shape index (κ3) is 7.30. The summed E-state index contributed by atoms with van der Waals surface area (Å²) in [5.74, 6) is -1.62. The molecule has 0 spiro atoms. The molecule has 0 radical (unpaired) electrons. The van der Waals surface area contributed by atoms with E-state index in [1.54, 1.807) is 0 Å². The average Bonchev–Trinajstić information content (AvgIpc) is 3.32. The average molecular weight is 534 g/mol. The third-order valence-corrected chi connectivity index (χ3v) is 5.85. The van der Waals surface area contributed by atoms with Gasteiger partial charge in [0.2, 0.25) is 5.91 Å². The van der Waals surface area contributed by atoms with Crippen LogP contribution in [0.5, 0.6) is 5.75 Å². The van der Waals surface area contributed by atoms with Crippen molar-refractivity contribution in [2.75, 3.05) is 6.61 Å². The van der Waals surface area contributed by atoms with E-state index in [1.807, 2.05) is 24.3 Å². The molecule has 0 bridgehead atoms. The highest BCUT2D eigenvalue weighted by Crippen LogP contribution is 2.25. The molecule has 12 heteroatoms. The number of carboxylic acid groups (broad SMARTS) is 1. The van der Waals surface area contributed by atoms with E-state index in [9.17, 15) is 27.9 Å². The maximum absolute atomic E-state index is 13.0. The molecule has 2 aromatic heterocycles. The van der Waals surface area contributed by atoms with Crippen LogP contribution in [-0.4, -0.2) is 49.7 Å². The van der Waals surface area contributed by atoms with Gasteiger partial charge in [0.25, 0.3) is 0 Å². The van der Waals surface area contributed by atoms with Gasteiger partial charge >= 0.3 is 12.1 Å². The quantitative estimate of drug-likeness (QED) is 0.424. The molecule has 3 aromatic rings. The molecule has 2 N–H and O–H groups in total. The van der Waals surface area contributed by atoms with Crippen molar-refractivity contribution < 1.29 is 32.6 Å². The van der Waals surface area contributed by atoms with Crippen LogP contribution in [0.15, 0.2) is 48.8 Å². The van der Waals surface area contributed by atoms with Crippen LogP contribution in [0.2, 0.25) is 0 Å². The first-order valence-corrected chi connectivity index (χ1v) is 11.8. The van der Waals surface area contributed by atoms with Crippen molar-refractivity contribution in [3.63, 3.8) is 0 Å². The van der Waals surface area contributed by atoms with Crippen molar-refractivity contribution in [3.05, 3.63) is 71.3 Å². The van der Waals surface area contributed by atoms with Crippen molar-refractivity contribution in [3.8, 4) is 5.75 Å². The van der Waals surface area contributed by atoms with E-state index in [0.717, 1.165) is 22.0 Å². The van der Waals surface area contributed by atoms with E-state index in [-0.39, 0.29) is 34.9 Å². The first-order valence-electron chi connectivity index (χ1n) is 11.8. The number of aromatic nitrogens is 4. The highest BCUT2D eigenvalue weighted by atomic mass is 19.4. The molecule has 1 amide bonds. The Morgan fingerprint density at radius 3 is 2.21 bits per heavy atom. The van der Waals surface area contributed by atoms with Gasteiger partial charge in [-0.25, -0.2) is 9.48 Å². The lowest BCUT2D eigenvalue weighted by Gasteiger charge is -2.20. The molecule has 0 aliphatic carbocycles. The van der Waals surface area contributed by atoms with Crippen molar-refractivity contribution in [1.82, 2.24) is 25.3 Å². The molecule has 0 saturated heterocycles. The summed E-state index contributed by atoms with van der Waals surface area (Å²) in [5.41, 5.74) is 0.886. The molecule has 2 heterocycles. The Bertz CT molecular complexity index is 1260. The second kappa shape index (κ2) is 10.8. The first kappa shape index (κ1) is 28.6. The highest BCUT2D eigenvalue weighted by Gasteiger charge is 2.33. The minimum absolute atomic E-state index is 0.0386. The van der Waals surface area contributed by atoms with Crippen LogP contribution in [0.1, 0.15) is 63.2 Å². The Balaban J connectivity index is 1.86. The third-order valence-electron chi connectivity index (χ3n) is 5.85. The van der Waals surface area contributed by atoms with Crippen LogP contribution in [0.4, 0.5) is 13.2 Å². The maximum atomic E-state index is 13.0. The Kier molecular flexibility index (Phi) is 8.13. The number of rotatable bonds is 9. The number of amides is 1. The Labute approximate surface area is 218 Å². The number of carboxylic acids is 1. The number of pyridine rings is 1. The molecule has 0 aliphatic rings. The summed E-state index contributed by atoms with van der Waals surface area (Å²) >= 11 is 0. The van der Waals surface area contributed by atoms with Gasteiger partial charge in [-0.15, -0.1) is 5.10 Å². The van der Waals surface area contributed by atoms with Crippen molar-refractivity contribution in [1.29, 1.82) is 0 Å². The SMILES string of the molecule is CC(C)(C)c1ccc(CC(=O)N[C@H](c2ccc(OCC(F)(F)F)cn2)c2cn(C(C)(C)C(=O)O)nn2)cc1. The lowest BCUT2D eigenvalue weighted by molar-refractivity contribution is -0.153. The molecule has 3 rings (SSSR count). The van der Waals surface area contributed by atoms with Gasteiger partial charge in [-0.05, 0) is 42.5 Å². The summed E-state index contributed by atoms with van der Waals surface area (Å²) < 4.78 is 43.3. The molecule has 1 aromatic carbocycles. The van der Waals surface area contributed by atoms with Gasteiger partial charge in [-0.1, -0.05) is 50.3 Å². The zero-order chi connectivity index (χ0) is 28.3. The summed E-state index contributed by atoms with van der Waals surface area (Å²) in [7, 11) is 0. The fraction of sp³-hybridized carbons (Fsp3) is 0.423. The smallest absolute Gasteiger partial charge is 0.422 e. The number of benzene rings is 1. The summed E-state index contributed by atoms with van der Waals surface area (Å²) in [4.78, 5) is 28.8. The summed E-state index contributed by atoms with van der Waals surface area (Å²) in [6, 6.07) is 9.39.